The number of hydrogen-bond donors (Lipinski definition) is 2. The number of piperazine rings is 1. The quantitative estimate of drug-likeness (QED) is 0.349. The van der Waals surface area contributed by atoms with E-state index in [9.17, 15) is 4.79 Å². The molecule has 1 aromatic rings. The van der Waals surface area contributed by atoms with Crippen molar-refractivity contribution in [2.45, 2.75) is 45.6 Å². The van der Waals surface area contributed by atoms with Gasteiger partial charge in [-0.2, -0.15) is 0 Å². The zero-order valence-electron chi connectivity index (χ0n) is 20.0. The molecule has 178 valence electrons. The molecule has 0 saturated carbocycles. The van der Waals surface area contributed by atoms with Crippen LogP contribution in [0.5, 0.6) is 0 Å². The summed E-state index contributed by atoms with van der Waals surface area (Å²) in [6.45, 7) is 13.1. The lowest BCUT2D eigenvalue weighted by molar-refractivity contribution is -0.123. The number of benzene rings is 1. The van der Waals surface area contributed by atoms with E-state index in [1.54, 1.807) is 0 Å². The third-order valence-electron chi connectivity index (χ3n) is 6.76. The number of carbonyl (C=O) groups is 1. The minimum Gasteiger partial charge on any atom is -0.369 e. The van der Waals surface area contributed by atoms with Gasteiger partial charge in [-0.05, 0) is 51.3 Å². The van der Waals surface area contributed by atoms with E-state index in [2.05, 4.69) is 64.2 Å². The number of aliphatic imine (C=N–C) groups is 1. The van der Waals surface area contributed by atoms with Crippen LogP contribution in [0.2, 0.25) is 0 Å². The molecule has 2 aliphatic heterocycles. The largest absolute Gasteiger partial charge is 0.369 e. The normalized spacial score (nSPS) is 22.0. The first-order valence-corrected chi connectivity index (χ1v) is 12.5. The van der Waals surface area contributed by atoms with Gasteiger partial charge in [0, 0.05) is 51.9 Å². The summed E-state index contributed by atoms with van der Waals surface area (Å²) in [5, 5.41) is 3.49. The SMILES string of the molecule is CCNC(=NCCCN1CCCC(C(N)=O)C1)N1CCN(C(CC)c2ccccc2)CC1. The number of hydrogen-bond acceptors (Lipinski definition) is 4. The van der Waals surface area contributed by atoms with Crippen molar-refractivity contribution in [2.24, 2.45) is 16.6 Å². The average molecular weight is 443 g/mol. The Hall–Kier alpha value is -2.12. The molecule has 0 aromatic heterocycles. The highest BCUT2D eigenvalue weighted by Crippen LogP contribution is 2.25. The molecule has 2 fully saturated rings. The van der Waals surface area contributed by atoms with Crippen LogP contribution < -0.4 is 11.1 Å². The lowest BCUT2D eigenvalue weighted by Gasteiger charge is -2.40. The third kappa shape index (κ3) is 6.94. The standard InChI is InChI=1S/C25H42N6O/c1-3-23(21-10-6-5-7-11-21)30-16-18-31(19-17-30)25(27-4-2)28-13-9-15-29-14-8-12-22(20-29)24(26)32/h5-7,10-11,22-23H,3-4,8-9,12-20H2,1-2H3,(H2,26,32)(H,27,28). The number of nitrogens with two attached hydrogens (primary N) is 1. The summed E-state index contributed by atoms with van der Waals surface area (Å²) in [4.78, 5) is 23.8. The van der Waals surface area contributed by atoms with E-state index in [4.69, 9.17) is 10.7 Å². The first-order valence-electron chi connectivity index (χ1n) is 12.5. The molecule has 3 N–H and O–H groups in total. The van der Waals surface area contributed by atoms with Gasteiger partial charge in [-0.15, -0.1) is 0 Å². The molecule has 2 atom stereocenters. The fourth-order valence-corrected chi connectivity index (χ4v) is 5.02. The monoisotopic (exact) mass is 442 g/mol. The molecule has 0 aliphatic carbocycles. The Balaban J connectivity index is 1.47. The van der Waals surface area contributed by atoms with Gasteiger partial charge in [-0.1, -0.05) is 37.3 Å². The van der Waals surface area contributed by atoms with E-state index in [0.717, 1.165) is 90.5 Å². The van der Waals surface area contributed by atoms with Crippen LogP contribution in [-0.2, 0) is 4.79 Å². The molecule has 3 rings (SSSR count). The van der Waals surface area contributed by atoms with Crippen molar-refractivity contribution in [3.8, 4) is 0 Å². The average Bonchev–Trinajstić information content (AvgIpc) is 2.83. The molecule has 7 heteroatoms. The van der Waals surface area contributed by atoms with E-state index in [1.165, 1.54) is 5.56 Å². The number of nitrogens with one attached hydrogen (secondary N) is 1. The highest BCUT2D eigenvalue weighted by atomic mass is 16.1. The van der Waals surface area contributed by atoms with Crippen molar-refractivity contribution >= 4 is 11.9 Å². The summed E-state index contributed by atoms with van der Waals surface area (Å²) in [7, 11) is 0. The van der Waals surface area contributed by atoms with E-state index in [0.29, 0.717) is 6.04 Å². The van der Waals surface area contributed by atoms with Gasteiger partial charge in [0.1, 0.15) is 0 Å². The van der Waals surface area contributed by atoms with E-state index in [1.807, 2.05) is 0 Å². The Morgan fingerprint density at radius 1 is 1.16 bits per heavy atom. The lowest BCUT2D eigenvalue weighted by atomic mass is 9.97. The number of piperidine rings is 1. The molecule has 0 radical (unpaired) electrons. The Kier molecular flexibility index (Phi) is 9.81. The van der Waals surface area contributed by atoms with Gasteiger partial charge in [0.05, 0.1) is 5.92 Å². The van der Waals surface area contributed by atoms with Crippen LogP contribution in [0.3, 0.4) is 0 Å². The molecule has 7 nitrogen and oxygen atoms in total. The minimum atomic E-state index is -0.154. The van der Waals surface area contributed by atoms with Gasteiger partial charge < -0.3 is 20.9 Å². The van der Waals surface area contributed by atoms with Gasteiger partial charge in [-0.25, -0.2) is 0 Å². The number of guanidine groups is 1. The first kappa shape index (κ1) is 24.5. The van der Waals surface area contributed by atoms with Crippen molar-refractivity contribution < 1.29 is 4.79 Å². The second kappa shape index (κ2) is 12.8. The lowest BCUT2D eigenvalue weighted by Crippen LogP contribution is -2.53. The number of nitrogens with zero attached hydrogens (tertiary/aromatic N) is 4. The Morgan fingerprint density at radius 3 is 2.56 bits per heavy atom. The van der Waals surface area contributed by atoms with E-state index in [-0.39, 0.29) is 11.8 Å². The van der Waals surface area contributed by atoms with Crippen LogP contribution >= 0.6 is 0 Å². The van der Waals surface area contributed by atoms with Crippen molar-refractivity contribution in [1.29, 1.82) is 0 Å². The number of carbonyl (C=O) groups excluding carboxylic acids is 1. The fourth-order valence-electron chi connectivity index (χ4n) is 5.02. The number of rotatable bonds is 9. The summed E-state index contributed by atoms with van der Waals surface area (Å²) >= 11 is 0. The van der Waals surface area contributed by atoms with Crippen molar-refractivity contribution in [3.63, 3.8) is 0 Å². The van der Waals surface area contributed by atoms with Crippen molar-refractivity contribution in [3.05, 3.63) is 35.9 Å². The maximum absolute atomic E-state index is 11.5. The summed E-state index contributed by atoms with van der Waals surface area (Å²) in [5.41, 5.74) is 6.92. The molecular weight excluding hydrogens is 400 g/mol. The molecule has 0 spiro atoms. The maximum atomic E-state index is 11.5. The van der Waals surface area contributed by atoms with Crippen LogP contribution in [0.25, 0.3) is 0 Å². The number of amides is 1. The number of primary amides is 1. The van der Waals surface area contributed by atoms with Crippen molar-refractivity contribution in [1.82, 2.24) is 20.0 Å². The summed E-state index contributed by atoms with van der Waals surface area (Å²) in [6.07, 6.45) is 4.13. The molecule has 32 heavy (non-hydrogen) atoms. The Morgan fingerprint density at radius 2 is 1.91 bits per heavy atom. The van der Waals surface area contributed by atoms with Crippen LogP contribution in [0.1, 0.15) is 51.1 Å². The molecule has 0 bridgehead atoms. The molecule has 2 saturated heterocycles. The summed E-state index contributed by atoms with van der Waals surface area (Å²) < 4.78 is 0. The van der Waals surface area contributed by atoms with Gasteiger partial charge >= 0.3 is 0 Å². The second-order valence-electron chi connectivity index (χ2n) is 8.99. The maximum Gasteiger partial charge on any atom is 0.221 e. The second-order valence-corrected chi connectivity index (χ2v) is 8.99. The first-order chi connectivity index (χ1) is 15.6. The van der Waals surface area contributed by atoms with Gasteiger partial charge in [-0.3, -0.25) is 14.7 Å². The predicted molar refractivity (Wildman–Crippen MR) is 132 cm³/mol. The Labute approximate surface area is 194 Å². The highest BCUT2D eigenvalue weighted by molar-refractivity contribution is 5.80. The molecule has 2 aliphatic rings. The van der Waals surface area contributed by atoms with Crippen LogP contribution in [0.4, 0.5) is 0 Å². The zero-order chi connectivity index (χ0) is 22.8. The highest BCUT2D eigenvalue weighted by Gasteiger charge is 2.26. The molecule has 1 aromatic carbocycles. The van der Waals surface area contributed by atoms with E-state index >= 15 is 0 Å². The van der Waals surface area contributed by atoms with Crippen molar-refractivity contribution in [2.75, 3.05) is 58.9 Å². The molecular formula is C25H42N6O. The number of likely N-dealkylation sites (tertiary alicyclic amines) is 1. The minimum absolute atomic E-state index is 0.0173. The molecule has 2 unspecified atom stereocenters. The third-order valence-corrected chi connectivity index (χ3v) is 6.76. The molecule has 1 amide bonds. The van der Waals surface area contributed by atoms with Gasteiger partial charge in [0.25, 0.3) is 0 Å². The topological polar surface area (TPSA) is 77.2 Å². The van der Waals surface area contributed by atoms with E-state index < -0.39 is 0 Å². The van der Waals surface area contributed by atoms with Crippen LogP contribution in [0.15, 0.2) is 35.3 Å². The fraction of sp³-hybridized carbons (Fsp3) is 0.680. The smallest absolute Gasteiger partial charge is 0.221 e. The van der Waals surface area contributed by atoms with Gasteiger partial charge in [0.15, 0.2) is 5.96 Å². The van der Waals surface area contributed by atoms with Crippen LogP contribution in [0, 0.1) is 5.92 Å². The summed E-state index contributed by atoms with van der Waals surface area (Å²) in [6, 6.07) is 11.4. The predicted octanol–water partition coefficient (Wildman–Crippen LogP) is 2.31. The summed E-state index contributed by atoms with van der Waals surface area (Å²) in [5.74, 6) is 0.899. The molecule has 2 heterocycles. The Bertz CT molecular complexity index is 716. The zero-order valence-corrected chi connectivity index (χ0v) is 20.0. The van der Waals surface area contributed by atoms with Crippen LogP contribution in [-0.4, -0.2) is 85.5 Å². The van der Waals surface area contributed by atoms with Gasteiger partial charge in [0.2, 0.25) is 5.91 Å².